The Bertz CT molecular complexity index is 1500. The van der Waals surface area contributed by atoms with Crippen molar-refractivity contribution >= 4 is 28.9 Å². The summed E-state index contributed by atoms with van der Waals surface area (Å²) in [7, 11) is 0. The van der Waals surface area contributed by atoms with Crippen molar-refractivity contribution in [2.75, 3.05) is 11.9 Å². The number of amides is 1. The first kappa shape index (κ1) is 28.7. The van der Waals surface area contributed by atoms with E-state index in [-0.39, 0.29) is 24.4 Å². The van der Waals surface area contributed by atoms with E-state index in [2.05, 4.69) is 25.6 Å². The Labute approximate surface area is 239 Å². The number of carbonyl (C=O) groups excluding carboxylic acids is 1. The zero-order valence-corrected chi connectivity index (χ0v) is 23.2. The molecule has 0 spiro atoms. The highest BCUT2D eigenvalue weighted by atomic mass is 32.1. The van der Waals surface area contributed by atoms with Crippen LogP contribution >= 0.6 is 11.3 Å². The summed E-state index contributed by atoms with van der Waals surface area (Å²) in [6, 6.07) is 16.2. The van der Waals surface area contributed by atoms with Crippen molar-refractivity contribution in [3.05, 3.63) is 88.8 Å². The molecule has 2 aromatic heterocycles. The number of aliphatic hydroxyl groups excluding tert-OH is 1. The molecule has 1 fully saturated rings. The number of carbonyl (C=O) groups is 1. The summed E-state index contributed by atoms with van der Waals surface area (Å²) in [4.78, 5) is 25.9. The lowest BCUT2D eigenvalue weighted by atomic mass is 9.71. The lowest BCUT2D eigenvalue weighted by Gasteiger charge is -2.36. The van der Waals surface area contributed by atoms with Crippen LogP contribution in [0, 0.1) is 12.8 Å². The van der Waals surface area contributed by atoms with Crippen molar-refractivity contribution in [3.8, 4) is 10.4 Å². The third kappa shape index (κ3) is 6.74. The van der Waals surface area contributed by atoms with Crippen molar-refractivity contribution in [2.45, 2.75) is 50.7 Å². The molecular formula is C30H30F3N5O2S. The first-order valence-electron chi connectivity index (χ1n) is 13.3. The van der Waals surface area contributed by atoms with Crippen molar-refractivity contribution < 1.29 is 23.1 Å². The van der Waals surface area contributed by atoms with E-state index in [1.807, 2.05) is 49.4 Å². The van der Waals surface area contributed by atoms with Gasteiger partial charge >= 0.3 is 6.18 Å². The van der Waals surface area contributed by atoms with Gasteiger partial charge in [-0.3, -0.25) is 4.79 Å². The lowest BCUT2D eigenvalue weighted by Crippen LogP contribution is -2.40. The summed E-state index contributed by atoms with van der Waals surface area (Å²) < 4.78 is 39.2. The molecule has 1 saturated carbocycles. The van der Waals surface area contributed by atoms with Crippen LogP contribution in [0.15, 0.2) is 67.0 Å². The predicted octanol–water partition coefficient (Wildman–Crippen LogP) is 6.41. The Kier molecular flexibility index (Phi) is 8.37. The number of benzene rings is 2. The van der Waals surface area contributed by atoms with Gasteiger partial charge in [-0.15, -0.1) is 11.3 Å². The second-order valence-electron chi connectivity index (χ2n) is 10.4. The number of aryl methyl sites for hydroxylation is 1. The van der Waals surface area contributed by atoms with Gasteiger partial charge in [-0.2, -0.15) is 13.2 Å². The molecule has 3 N–H and O–H groups in total. The van der Waals surface area contributed by atoms with Crippen molar-refractivity contribution in [2.24, 2.45) is 5.92 Å². The fraction of sp³-hybridized carbons (Fsp3) is 0.333. The zero-order valence-electron chi connectivity index (χ0n) is 22.4. The van der Waals surface area contributed by atoms with Gasteiger partial charge in [0.2, 0.25) is 11.9 Å². The molecule has 0 radical (unpaired) electrons. The van der Waals surface area contributed by atoms with Gasteiger partial charge in [0.05, 0.1) is 11.5 Å². The first-order chi connectivity index (χ1) is 19.6. The predicted molar refractivity (Wildman–Crippen MR) is 152 cm³/mol. The molecule has 0 aliphatic heterocycles. The minimum absolute atomic E-state index is 0.0322. The van der Waals surface area contributed by atoms with E-state index in [9.17, 15) is 23.1 Å². The second-order valence-corrected chi connectivity index (χ2v) is 11.5. The quantitative estimate of drug-likeness (QED) is 0.223. The molecule has 2 aromatic carbocycles. The molecule has 0 bridgehead atoms. The van der Waals surface area contributed by atoms with Crippen molar-refractivity contribution in [3.63, 3.8) is 0 Å². The highest BCUT2D eigenvalue weighted by Gasteiger charge is 2.40. The van der Waals surface area contributed by atoms with Crippen LogP contribution in [0.4, 0.5) is 24.8 Å². The van der Waals surface area contributed by atoms with E-state index in [1.165, 1.54) is 11.3 Å². The van der Waals surface area contributed by atoms with Crippen LogP contribution in [0.25, 0.3) is 10.4 Å². The number of thiazole rings is 1. The summed E-state index contributed by atoms with van der Waals surface area (Å²) in [5, 5.41) is 17.2. The van der Waals surface area contributed by atoms with E-state index in [1.54, 1.807) is 12.3 Å². The monoisotopic (exact) mass is 581 g/mol. The molecule has 1 aliphatic carbocycles. The Morgan fingerprint density at radius 1 is 1.10 bits per heavy atom. The molecule has 4 aromatic rings. The summed E-state index contributed by atoms with van der Waals surface area (Å²) in [5.74, 6) is -0.226. The van der Waals surface area contributed by atoms with E-state index in [0.717, 1.165) is 38.8 Å². The topological polar surface area (TPSA) is 100 Å². The smallest absolute Gasteiger partial charge is 0.395 e. The van der Waals surface area contributed by atoms with Crippen LogP contribution in [-0.2, 0) is 22.9 Å². The number of aromatic nitrogens is 3. The minimum atomic E-state index is -4.57. The van der Waals surface area contributed by atoms with Gasteiger partial charge in [0.15, 0.2) is 0 Å². The molecule has 5 rings (SSSR count). The van der Waals surface area contributed by atoms with Crippen LogP contribution < -0.4 is 10.6 Å². The highest BCUT2D eigenvalue weighted by Crippen LogP contribution is 2.44. The number of nitrogens with zero attached hydrogens (tertiary/aromatic N) is 3. The van der Waals surface area contributed by atoms with Gasteiger partial charge in [0, 0.05) is 36.0 Å². The summed E-state index contributed by atoms with van der Waals surface area (Å²) in [5.41, 5.74) is 1.79. The number of hydrogen-bond donors (Lipinski definition) is 3. The fourth-order valence-corrected chi connectivity index (χ4v) is 6.30. The zero-order chi connectivity index (χ0) is 29.0. The molecule has 11 heteroatoms. The summed E-state index contributed by atoms with van der Waals surface area (Å²) >= 11 is 1.48. The average Bonchev–Trinajstić information content (AvgIpc) is 3.47. The normalized spacial score (nSPS) is 19.1. The molecule has 214 valence electrons. The van der Waals surface area contributed by atoms with Gasteiger partial charge in [-0.05, 0) is 67.5 Å². The van der Waals surface area contributed by atoms with Crippen LogP contribution in [0.5, 0.6) is 0 Å². The molecule has 7 nitrogen and oxygen atoms in total. The highest BCUT2D eigenvalue weighted by molar-refractivity contribution is 7.15. The first-order valence-corrected chi connectivity index (χ1v) is 14.1. The average molecular weight is 582 g/mol. The number of aliphatic hydroxyl groups is 1. The van der Waals surface area contributed by atoms with Crippen molar-refractivity contribution in [1.29, 1.82) is 0 Å². The number of halogens is 3. The molecule has 2 heterocycles. The van der Waals surface area contributed by atoms with Crippen LogP contribution in [0.3, 0.4) is 0 Å². The third-order valence-corrected chi connectivity index (χ3v) is 8.74. The number of nitrogens with one attached hydrogen (secondary N) is 2. The minimum Gasteiger partial charge on any atom is -0.395 e. The molecule has 0 saturated heterocycles. The summed E-state index contributed by atoms with van der Waals surface area (Å²) in [6.45, 7) is 2.32. The van der Waals surface area contributed by atoms with Gasteiger partial charge in [-0.1, -0.05) is 36.4 Å². The SMILES string of the molecule is Cc1cc(Nc2nccc(C(F)(F)F)n2)cc(-c2cnc(C3(CO)CCC(C(=O)NCc4ccccc4)CC3)s2)c1. The van der Waals surface area contributed by atoms with Gasteiger partial charge < -0.3 is 15.7 Å². The molecule has 0 atom stereocenters. The number of rotatable bonds is 8. The van der Waals surface area contributed by atoms with E-state index >= 15 is 0 Å². The number of alkyl halides is 3. The van der Waals surface area contributed by atoms with Gasteiger partial charge in [-0.25, -0.2) is 15.0 Å². The van der Waals surface area contributed by atoms with Crippen LogP contribution in [-0.4, -0.2) is 32.6 Å². The molecular weight excluding hydrogens is 551 g/mol. The number of hydrogen-bond acceptors (Lipinski definition) is 7. The second kappa shape index (κ2) is 12.0. The van der Waals surface area contributed by atoms with Gasteiger partial charge in [0.25, 0.3) is 0 Å². The molecule has 0 unspecified atom stereocenters. The fourth-order valence-electron chi connectivity index (χ4n) is 5.16. The van der Waals surface area contributed by atoms with Gasteiger partial charge in [0.1, 0.15) is 10.7 Å². The summed E-state index contributed by atoms with van der Waals surface area (Å²) in [6.07, 6.45) is 0.873. The van der Waals surface area contributed by atoms with E-state index in [0.29, 0.717) is 37.9 Å². The van der Waals surface area contributed by atoms with E-state index in [4.69, 9.17) is 0 Å². The maximum atomic E-state index is 13.1. The maximum Gasteiger partial charge on any atom is 0.433 e. The maximum absolute atomic E-state index is 13.1. The third-order valence-electron chi connectivity index (χ3n) is 7.45. The Balaban J connectivity index is 1.27. The molecule has 1 amide bonds. The van der Waals surface area contributed by atoms with Crippen molar-refractivity contribution in [1.82, 2.24) is 20.3 Å². The largest absolute Gasteiger partial charge is 0.433 e. The van der Waals surface area contributed by atoms with E-state index < -0.39 is 17.3 Å². The standard InChI is InChI=1S/C30H30F3N5O2S/c1-19-13-22(15-23(14-19)37-28-34-12-9-25(38-28)30(31,32)33)24-17-36-27(41-24)29(18-39)10-7-21(8-11-29)26(40)35-16-20-5-3-2-4-6-20/h2-6,9,12-15,17,21,39H,7-8,10-11,16,18H2,1H3,(H,35,40)(H,34,37,38). The Morgan fingerprint density at radius 2 is 1.85 bits per heavy atom. The Morgan fingerprint density at radius 3 is 2.56 bits per heavy atom. The number of anilines is 2. The molecule has 41 heavy (non-hydrogen) atoms. The lowest BCUT2D eigenvalue weighted by molar-refractivity contribution is -0.141. The van der Waals surface area contributed by atoms with Crippen LogP contribution in [0.1, 0.15) is 47.5 Å². The molecule has 1 aliphatic rings. The van der Waals surface area contributed by atoms with Crippen LogP contribution in [0.2, 0.25) is 0 Å². The Hall–Kier alpha value is -3.83.